The van der Waals surface area contributed by atoms with Crippen LogP contribution < -0.4 is 27.4 Å². The van der Waals surface area contributed by atoms with Gasteiger partial charge in [0.1, 0.15) is 5.82 Å². The van der Waals surface area contributed by atoms with E-state index in [0.29, 0.717) is 20.6 Å². The van der Waals surface area contributed by atoms with E-state index in [9.17, 15) is 9.18 Å². The molecule has 3 aromatic rings. The van der Waals surface area contributed by atoms with Gasteiger partial charge in [0, 0.05) is 0 Å². The van der Waals surface area contributed by atoms with E-state index in [1.54, 1.807) is 24.3 Å². The van der Waals surface area contributed by atoms with E-state index in [0.717, 1.165) is 11.3 Å². The maximum atomic E-state index is 13.8. The highest BCUT2D eigenvalue weighted by atomic mass is 79.9. The number of benzene rings is 1. The lowest BCUT2D eigenvalue weighted by Crippen LogP contribution is -3.00. The quantitative estimate of drug-likeness (QED) is 0.486. The molecule has 2 aromatic heterocycles. The number of nitrogens with zero attached hydrogens (tertiary/aromatic N) is 2. The molecule has 0 aliphatic rings. The number of carbonyl (C=O) groups is 1. The lowest BCUT2D eigenvalue weighted by molar-refractivity contribution is -0.722. The van der Waals surface area contributed by atoms with E-state index in [1.807, 2.05) is 11.4 Å². The summed E-state index contributed by atoms with van der Waals surface area (Å²) >= 11 is 2.54. The Balaban J connectivity index is 0.00000176. The lowest BCUT2D eigenvalue weighted by Gasteiger charge is -1.95. The Hall–Kier alpha value is -1.64. The average molecular weight is 400 g/mol. The van der Waals surface area contributed by atoms with Crippen molar-refractivity contribution in [2.24, 2.45) is 0 Å². The van der Waals surface area contributed by atoms with Gasteiger partial charge in [0.05, 0.1) is 10.4 Å². The number of ketones is 1. The number of carbonyl (C=O) groups excluding carboxylic acids is 1. The average Bonchev–Trinajstić information content (AvgIpc) is 3.10. The van der Waals surface area contributed by atoms with E-state index in [4.69, 9.17) is 5.73 Å². The second-order valence-electron chi connectivity index (χ2n) is 4.28. The molecule has 0 bridgehead atoms. The van der Waals surface area contributed by atoms with Gasteiger partial charge in [-0.25, -0.2) is 4.39 Å². The van der Waals surface area contributed by atoms with Gasteiger partial charge in [-0.05, 0) is 34.9 Å². The fourth-order valence-corrected chi connectivity index (χ4v) is 3.32. The van der Waals surface area contributed by atoms with Gasteiger partial charge in [-0.2, -0.15) is 0 Å². The van der Waals surface area contributed by atoms with E-state index >= 15 is 0 Å². The molecular formula is C14H11BrFN3OS2. The SMILES string of the molecule is Nc1sc(-c2ccccc2F)n[n+]1CC(=O)c1cccs1.[Br-]. The third kappa shape index (κ3) is 3.40. The van der Waals surface area contributed by atoms with Crippen molar-refractivity contribution in [3.63, 3.8) is 0 Å². The fourth-order valence-electron chi connectivity index (χ4n) is 1.84. The highest BCUT2D eigenvalue weighted by molar-refractivity contribution is 7.17. The van der Waals surface area contributed by atoms with Crippen molar-refractivity contribution in [3.8, 4) is 10.6 Å². The fraction of sp³-hybridized carbons (Fsp3) is 0.0714. The Morgan fingerprint density at radius 1 is 1.27 bits per heavy atom. The smallest absolute Gasteiger partial charge is 0.354 e. The van der Waals surface area contributed by atoms with Gasteiger partial charge in [0.25, 0.3) is 0 Å². The molecule has 0 aliphatic heterocycles. The van der Waals surface area contributed by atoms with Crippen molar-refractivity contribution in [2.75, 3.05) is 5.73 Å². The Labute approximate surface area is 144 Å². The number of anilines is 1. The van der Waals surface area contributed by atoms with Crippen LogP contribution in [-0.2, 0) is 6.54 Å². The molecule has 8 heteroatoms. The molecule has 0 saturated heterocycles. The maximum Gasteiger partial charge on any atom is 0.354 e. The number of Topliss-reactive ketones (excluding diaryl/α,β-unsaturated/α-hetero) is 1. The zero-order valence-corrected chi connectivity index (χ0v) is 14.4. The summed E-state index contributed by atoms with van der Waals surface area (Å²) in [5.41, 5.74) is 6.26. The van der Waals surface area contributed by atoms with Crippen molar-refractivity contribution in [2.45, 2.75) is 6.54 Å². The number of rotatable bonds is 4. The van der Waals surface area contributed by atoms with Crippen LogP contribution in [0.1, 0.15) is 9.67 Å². The maximum absolute atomic E-state index is 13.8. The number of hydrogen-bond donors (Lipinski definition) is 1. The first-order valence-electron chi connectivity index (χ1n) is 6.13. The zero-order chi connectivity index (χ0) is 14.8. The summed E-state index contributed by atoms with van der Waals surface area (Å²) < 4.78 is 15.2. The van der Waals surface area contributed by atoms with Gasteiger partial charge in [-0.3, -0.25) is 10.5 Å². The number of nitrogens with two attached hydrogens (primary N) is 1. The molecule has 0 spiro atoms. The van der Waals surface area contributed by atoms with E-state index in [-0.39, 0.29) is 35.1 Å². The predicted molar refractivity (Wildman–Crippen MR) is 80.8 cm³/mol. The van der Waals surface area contributed by atoms with Crippen molar-refractivity contribution in [3.05, 3.63) is 52.5 Å². The normalized spacial score (nSPS) is 10.2. The largest absolute Gasteiger partial charge is 1.00 e. The molecular weight excluding hydrogens is 389 g/mol. The first-order chi connectivity index (χ1) is 10.1. The van der Waals surface area contributed by atoms with Gasteiger partial charge in [0.15, 0.2) is 11.6 Å². The molecule has 0 aliphatic carbocycles. The summed E-state index contributed by atoms with van der Waals surface area (Å²) in [7, 11) is 0. The van der Waals surface area contributed by atoms with Gasteiger partial charge in [-0.15, -0.1) is 16.0 Å². The van der Waals surface area contributed by atoms with E-state index in [1.165, 1.54) is 22.1 Å². The van der Waals surface area contributed by atoms with Crippen molar-refractivity contribution in [1.29, 1.82) is 0 Å². The number of nitrogen functional groups attached to an aromatic ring is 1. The number of halogens is 2. The summed E-state index contributed by atoms with van der Waals surface area (Å²) in [6, 6.07) is 9.93. The van der Waals surface area contributed by atoms with Crippen LogP contribution in [0.3, 0.4) is 0 Å². The third-order valence-electron chi connectivity index (χ3n) is 2.86. The minimum Gasteiger partial charge on any atom is -1.00 e. The van der Waals surface area contributed by atoms with Crippen LogP contribution in [0.15, 0.2) is 41.8 Å². The Kier molecular flexibility index (Phi) is 5.38. The molecule has 0 unspecified atom stereocenters. The molecule has 0 saturated carbocycles. The molecule has 22 heavy (non-hydrogen) atoms. The van der Waals surface area contributed by atoms with Crippen molar-refractivity contribution in [1.82, 2.24) is 5.10 Å². The Morgan fingerprint density at radius 3 is 2.73 bits per heavy atom. The van der Waals surface area contributed by atoms with Crippen LogP contribution in [0, 0.1) is 5.82 Å². The van der Waals surface area contributed by atoms with Crippen LogP contribution in [0.4, 0.5) is 9.52 Å². The topological polar surface area (TPSA) is 59.9 Å². The van der Waals surface area contributed by atoms with Crippen LogP contribution in [0.2, 0.25) is 0 Å². The molecule has 1 aromatic carbocycles. The van der Waals surface area contributed by atoms with Gasteiger partial charge >= 0.3 is 5.13 Å². The molecule has 2 N–H and O–H groups in total. The summed E-state index contributed by atoms with van der Waals surface area (Å²) in [6.07, 6.45) is 0. The van der Waals surface area contributed by atoms with E-state index in [2.05, 4.69) is 5.10 Å². The highest BCUT2D eigenvalue weighted by Crippen LogP contribution is 2.26. The predicted octanol–water partition coefficient (Wildman–Crippen LogP) is -0.233. The molecule has 0 fully saturated rings. The number of hydrogen-bond acceptors (Lipinski definition) is 5. The van der Waals surface area contributed by atoms with Crippen molar-refractivity contribution < 1.29 is 30.8 Å². The Morgan fingerprint density at radius 2 is 2.05 bits per heavy atom. The summed E-state index contributed by atoms with van der Waals surface area (Å²) in [5.74, 6) is -0.421. The monoisotopic (exact) mass is 399 g/mol. The molecule has 4 nitrogen and oxygen atoms in total. The third-order valence-corrected chi connectivity index (χ3v) is 4.69. The zero-order valence-electron chi connectivity index (χ0n) is 11.2. The first kappa shape index (κ1) is 16.7. The summed E-state index contributed by atoms with van der Waals surface area (Å²) in [6.45, 7) is 0.0529. The standard InChI is InChI=1S/C14H10FN3OS2.BrH/c15-10-5-2-1-4-9(10)13-17-18(14(16)21-13)8-11(19)12-6-3-7-20-12;/h1-7,16H,8H2;1H. The molecule has 3 rings (SSSR count). The highest BCUT2D eigenvalue weighted by Gasteiger charge is 2.21. The minimum atomic E-state index is -0.358. The summed E-state index contributed by atoms with van der Waals surface area (Å²) in [4.78, 5) is 12.7. The second-order valence-corrected chi connectivity index (χ2v) is 6.24. The summed E-state index contributed by atoms with van der Waals surface area (Å²) in [5, 5.41) is 6.92. The second kappa shape index (κ2) is 7.08. The molecule has 0 atom stereocenters. The van der Waals surface area contributed by atoms with Crippen LogP contribution in [0.5, 0.6) is 0 Å². The van der Waals surface area contributed by atoms with E-state index < -0.39 is 0 Å². The van der Waals surface area contributed by atoms with Crippen LogP contribution in [-0.4, -0.2) is 10.9 Å². The molecule has 0 radical (unpaired) electrons. The molecule has 2 heterocycles. The molecule has 114 valence electrons. The lowest BCUT2D eigenvalue weighted by atomic mass is 10.2. The number of thiophene rings is 1. The van der Waals surface area contributed by atoms with Gasteiger partial charge in [-0.1, -0.05) is 23.3 Å². The van der Waals surface area contributed by atoms with Crippen LogP contribution in [0.25, 0.3) is 10.6 Å². The van der Waals surface area contributed by atoms with Crippen molar-refractivity contribution >= 4 is 33.6 Å². The molecule has 0 amide bonds. The first-order valence-corrected chi connectivity index (χ1v) is 7.83. The Bertz CT molecular complexity index is 789. The van der Waals surface area contributed by atoms with Gasteiger partial charge < -0.3 is 17.0 Å². The van der Waals surface area contributed by atoms with Crippen LogP contribution >= 0.6 is 22.7 Å². The minimum absolute atomic E-state index is 0. The number of aromatic nitrogens is 2. The van der Waals surface area contributed by atoms with Gasteiger partial charge in [0.2, 0.25) is 5.78 Å².